The van der Waals surface area contributed by atoms with Crippen molar-refractivity contribution in [3.05, 3.63) is 95.9 Å². The van der Waals surface area contributed by atoms with Crippen molar-refractivity contribution in [1.82, 2.24) is 24.4 Å². The fraction of sp³-hybridized carbons (Fsp3) is 0.250. The number of amides is 1. The van der Waals surface area contributed by atoms with Crippen molar-refractivity contribution in [2.45, 2.75) is 32.5 Å². The van der Waals surface area contributed by atoms with Gasteiger partial charge in [-0.2, -0.15) is 0 Å². The normalized spacial score (nSPS) is 14.2. The van der Waals surface area contributed by atoms with Crippen LogP contribution >= 0.6 is 0 Å². The number of benzene rings is 3. The van der Waals surface area contributed by atoms with E-state index >= 15 is 0 Å². The number of imidazole rings is 1. The van der Waals surface area contributed by atoms with E-state index in [-0.39, 0.29) is 12.0 Å². The van der Waals surface area contributed by atoms with Crippen LogP contribution < -0.4 is 15.4 Å². The highest BCUT2D eigenvalue weighted by Gasteiger charge is 2.20. The molecule has 3 aromatic carbocycles. The molecule has 1 saturated heterocycles. The first-order valence-corrected chi connectivity index (χ1v) is 13.9. The predicted octanol–water partition coefficient (Wildman–Crippen LogP) is 6.06. The zero-order valence-electron chi connectivity index (χ0n) is 23.5. The maximum Gasteiger partial charge on any atom is 0.255 e. The average molecular weight is 566 g/mol. The minimum absolute atomic E-state index is 0.0456. The van der Waals surface area contributed by atoms with Gasteiger partial charge in [-0.3, -0.25) is 9.36 Å². The highest BCUT2D eigenvalue weighted by molar-refractivity contribution is 6.05. The molecule has 9 nitrogen and oxygen atoms in total. The Morgan fingerprint density at radius 3 is 2.69 bits per heavy atom. The van der Waals surface area contributed by atoms with E-state index in [1.54, 1.807) is 24.4 Å². The SMILES string of the molecule is Cc1ccc(NC(=O)c2cc(CF)cc(OC3CCN(C)CC3)c2)cc1Nc1nc2ccccc2n1-c1ccncn1. The molecule has 0 bridgehead atoms. The monoisotopic (exact) mass is 565 g/mol. The number of nitrogens with one attached hydrogen (secondary N) is 2. The van der Waals surface area contributed by atoms with Gasteiger partial charge in [0, 0.05) is 36.2 Å². The van der Waals surface area contributed by atoms with Crippen LogP contribution in [0.5, 0.6) is 5.75 Å². The summed E-state index contributed by atoms with van der Waals surface area (Å²) in [6.45, 7) is 3.18. The van der Waals surface area contributed by atoms with Gasteiger partial charge in [0.15, 0.2) is 0 Å². The number of carbonyl (C=O) groups is 1. The Hall–Kier alpha value is -4.83. The van der Waals surface area contributed by atoms with Crippen LogP contribution in [0.15, 0.2) is 79.3 Å². The second-order valence-electron chi connectivity index (χ2n) is 10.6. The summed E-state index contributed by atoms with van der Waals surface area (Å²) in [5.41, 5.74) is 4.76. The number of fused-ring (bicyclic) bond motifs is 1. The molecular weight excluding hydrogens is 533 g/mol. The Morgan fingerprint density at radius 1 is 1.07 bits per heavy atom. The summed E-state index contributed by atoms with van der Waals surface area (Å²) in [6.07, 6.45) is 5.01. The van der Waals surface area contributed by atoms with Gasteiger partial charge in [0.05, 0.1) is 11.0 Å². The third kappa shape index (κ3) is 5.94. The van der Waals surface area contributed by atoms with Crippen molar-refractivity contribution < 1.29 is 13.9 Å². The van der Waals surface area contributed by atoms with Crippen LogP contribution in [0.25, 0.3) is 16.9 Å². The summed E-state index contributed by atoms with van der Waals surface area (Å²) in [4.78, 5) is 28.9. The maximum atomic E-state index is 13.7. The minimum atomic E-state index is -0.684. The number of anilines is 3. The fourth-order valence-electron chi connectivity index (χ4n) is 5.15. The number of hydrogen-bond acceptors (Lipinski definition) is 7. The van der Waals surface area contributed by atoms with Gasteiger partial charge in [-0.25, -0.2) is 19.3 Å². The number of aromatic nitrogens is 4. The Morgan fingerprint density at radius 2 is 1.90 bits per heavy atom. The molecular formula is C32H32FN7O2. The lowest BCUT2D eigenvalue weighted by Crippen LogP contribution is -2.35. The highest BCUT2D eigenvalue weighted by atomic mass is 19.1. The number of ether oxygens (including phenoxy) is 1. The number of alkyl halides is 1. The highest BCUT2D eigenvalue weighted by Crippen LogP contribution is 2.29. The molecule has 0 atom stereocenters. The Bertz CT molecular complexity index is 1720. The lowest BCUT2D eigenvalue weighted by molar-refractivity contribution is 0.102. The van der Waals surface area contributed by atoms with Gasteiger partial charge >= 0.3 is 0 Å². The Kier molecular flexibility index (Phi) is 7.78. The largest absolute Gasteiger partial charge is 0.490 e. The first kappa shape index (κ1) is 27.3. The van der Waals surface area contributed by atoms with Gasteiger partial charge in [-0.15, -0.1) is 0 Å². The van der Waals surface area contributed by atoms with Gasteiger partial charge < -0.3 is 20.3 Å². The molecule has 10 heteroatoms. The van der Waals surface area contributed by atoms with E-state index in [1.165, 1.54) is 6.33 Å². The van der Waals surface area contributed by atoms with Crippen LogP contribution in [0.3, 0.4) is 0 Å². The van der Waals surface area contributed by atoms with Gasteiger partial charge in [-0.1, -0.05) is 18.2 Å². The second kappa shape index (κ2) is 12.0. The molecule has 0 saturated carbocycles. The van der Waals surface area contributed by atoms with Gasteiger partial charge in [-0.05, 0) is 86.5 Å². The topological polar surface area (TPSA) is 97.2 Å². The van der Waals surface area contributed by atoms with Crippen molar-refractivity contribution >= 4 is 34.3 Å². The molecule has 1 aliphatic rings. The minimum Gasteiger partial charge on any atom is -0.490 e. The molecule has 1 aliphatic heterocycles. The molecule has 5 aromatic rings. The fourth-order valence-corrected chi connectivity index (χ4v) is 5.15. The van der Waals surface area contributed by atoms with E-state index in [2.05, 4.69) is 32.5 Å². The molecule has 1 amide bonds. The van der Waals surface area contributed by atoms with Crippen LogP contribution in [0, 0.1) is 6.92 Å². The molecule has 2 aromatic heterocycles. The number of para-hydroxylation sites is 2. The lowest BCUT2D eigenvalue weighted by atomic mass is 10.1. The Labute approximate surface area is 243 Å². The molecule has 1 fully saturated rings. The number of carbonyl (C=O) groups excluding carboxylic acids is 1. The van der Waals surface area contributed by atoms with Crippen molar-refractivity contribution in [2.75, 3.05) is 30.8 Å². The first-order chi connectivity index (χ1) is 20.5. The van der Waals surface area contributed by atoms with Crippen LogP contribution in [0.1, 0.15) is 34.3 Å². The maximum absolute atomic E-state index is 13.7. The van der Waals surface area contributed by atoms with Crippen LogP contribution in [0.4, 0.5) is 21.7 Å². The van der Waals surface area contributed by atoms with Crippen molar-refractivity contribution in [1.29, 1.82) is 0 Å². The summed E-state index contributed by atoms with van der Waals surface area (Å²) in [5.74, 6) is 1.42. The molecule has 0 aliphatic carbocycles. The van der Waals surface area contributed by atoms with E-state index in [9.17, 15) is 9.18 Å². The van der Waals surface area contributed by atoms with E-state index < -0.39 is 6.67 Å². The average Bonchev–Trinajstić information content (AvgIpc) is 3.38. The number of likely N-dealkylation sites (tertiary alicyclic amines) is 1. The van der Waals surface area contributed by atoms with Crippen molar-refractivity contribution in [2.24, 2.45) is 0 Å². The van der Waals surface area contributed by atoms with Crippen molar-refractivity contribution in [3.63, 3.8) is 0 Å². The first-order valence-electron chi connectivity index (χ1n) is 13.9. The smallest absolute Gasteiger partial charge is 0.255 e. The van der Waals surface area contributed by atoms with E-state index in [0.717, 1.165) is 48.2 Å². The molecule has 6 rings (SSSR count). The van der Waals surface area contributed by atoms with Crippen LogP contribution in [-0.2, 0) is 6.67 Å². The number of nitrogens with zero attached hydrogens (tertiary/aromatic N) is 5. The van der Waals surface area contributed by atoms with Crippen molar-refractivity contribution in [3.8, 4) is 11.6 Å². The number of piperidine rings is 1. The van der Waals surface area contributed by atoms with Gasteiger partial charge in [0.2, 0.25) is 5.95 Å². The van der Waals surface area contributed by atoms with Gasteiger partial charge in [0.25, 0.3) is 5.91 Å². The molecule has 3 heterocycles. The summed E-state index contributed by atoms with van der Waals surface area (Å²) in [6, 6.07) is 20.2. The van der Waals surface area contributed by atoms with E-state index in [0.29, 0.717) is 34.3 Å². The third-order valence-electron chi connectivity index (χ3n) is 7.45. The van der Waals surface area contributed by atoms with Crippen LogP contribution in [-0.4, -0.2) is 56.6 Å². The second-order valence-corrected chi connectivity index (χ2v) is 10.6. The molecule has 42 heavy (non-hydrogen) atoms. The molecule has 0 radical (unpaired) electrons. The number of hydrogen-bond donors (Lipinski definition) is 2. The van der Waals surface area contributed by atoms with E-state index in [4.69, 9.17) is 9.72 Å². The molecule has 2 N–H and O–H groups in total. The number of aryl methyl sites for hydroxylation is 1. The molecule has 0 spiro atoms. The molecule has 214 valence electrons. The lowest BCUT2D eigenvalue weighted by Gasteiger charge is -2.29. The summed E-state index contributed by atoms with van der Waals surface area (Å²) in [5, 5.41) is 6.39. The Balaban J connectivity index is 1.25. The predicted molar refractivity (Wildman–Crippen MR) is 161 cm³/mol. The zero-order chi connectivity index (χ0) is 29.1. The number of rotatable bonds is 8. The third-order valence-corrected chi connectivity index (χ3v) is 7.45. The number of halogens is 1. The van der Waals surface area contributed by atoms with Gasteiger partial charge in [0.1, 0.15) is 30.7 Å². The standard InChI is InChI=1S/C32H32FN7O2/c1-21-7-8-24(36-31(41)23-15-22(19-33)16-26(17-23)42-25-10-13-39(2)14-11-25)18-28(21)38-32-37-27-5-3-4-6-29(27)40(32)30-9-12-34-20-35-30/h3-9,12,15-18,20,25H,10-11,13-14,19H2,1-2H3,(H,36,41)(H,37,38). The quantitative estimate of drug-likeness (QED) is 0.236. The zero-order valence-corrected chi connectivity index (χ0v) is 23.5. The summed E-state index contributed by atoms with van der Waals surface area (Å²) < 4.78 is 21.8. The molecule has 0 unspecified atom stereocenters. The van der Waals surface area contributed by atoms with Crippen LogP contribution in [0.2, 0.25) is 0 Å². The summed E-state index contributed by atoms with van der Waals surface area (Å²) in [7, 11) is 2.09. The van der Waals surface area contributed by atoms with E-state index in [1.807, 2.05) is 60.0 Å². The summed E-state index contributed by atoms with van der Waals surface area (Å²) >= 11 is 0.